The number of H-pyrrole nitrogens is 1. The third-order valence-electron chi connectivity index (χ3n) is 6.87. The molecule has 0 amide bonds. The Morgan fingerprint density at radius 2 is 1.64 bits per heavy atom. The summed E-state index contributed by atoms with van der Waals surface area (Å²) in [6.07, 6.45) is -8.05. The van der Waals surface area contributed by atoms with Crippen LogP contribution in [0, 0.1) is 0 Å². The predicted octanol–water partition coefficient (Wildman–Crippen LogP) is -3.50. The maximum Gasteiger partial charge on any atom is 0.472 e. The van der Waals surface area contributed by atoms with E-state index in [-0.39, 0.29) is 34.1 Å². The average molecular weight is 612 g/mol. The van der Waals surface area contributed by atoms with E-state index in [1.807, 2.05) is 0 Å². The van der Waals surface area contributed by atoms with Crippen LogP contribution in [0.5, 0.6) is 0 Å². The Labute approximate surface area is 232 Å². The number of aromatic nitrogens is 8. The summed E-state index contributed by atoms with van der Waals surface area (Å²) >= 11 is 0. The maximum absolute atomic E-state index is 13.0. The van der Waals surface area contributed by atoms with Crippen LogP contribution >= 0.6 is 7.82 Å². The lowest BCUT2D eigenvalue weighted by atomic mass is 10.1. The molecule has 21 nitrogen and oxygen atoms in total. The highest BCUT2D eigenvalue weighted by Crippen LogP contribution is 2.50. The van der Waals surface area contributed by atoms with Crippen LogP contribution in [-0.4, -0.2) is 114 Å². The maximum atomic E-state index is 13.0. The number of nitrogens with one attached hydrogen (secondary N) is 1. The number of nitrogens with two attached hydrogens (primary N) is 2. The van der Waals surface area contributed by atoms with E-state index in [9.17, 15) is 34.7 Å². The predicted molar refractivity (Wildman–Crippen MR) is 136 cm³/mol. The molecule has 2 fully saturated rings. The van der Waals surface area contributed by atoms with E-state index in [2.05, 4.69) is 29.9 Å². The Kier molecular flexibility index (Phi) is 7.17. The van der Waals surface area contributed by atoms with E-state index in [1.54, 1.807) is 0 Å². The number of imidazole rings is 2. The first kappa shape index (κ1) is 28.5. The second kappa shape index (κ2) is 10.6. The molecule has 0 radical (unpaired) electrons. The van der Waals surface area contributed by atoms with Crippen molar-refractivity contribution in [2.24, 2.45) is 0 Å². The fourth-order valence-corrected chi connectivity index (χ4v) is 5.77. The van der Waals surface area contributed by atoms with E-state index < -0.39 is 75.7 Å². The van der Waals surface area contributed by atoms with Gasteiger partial charge in [0.1, 0.15) is 48.5 Å². The fourth-order valence-electron chi connectivity index (χ4n) is 4.84. The van der Waals surface area contributed by atoms with Crippen molar-refractivity contribution >= 4 is 41.9 Å². The van der Waals surface area contributed by atoms with Gasteiger partial charge in [0.25, 0.3) is 5.56 Å². The first-order valence-electron chi connectivity index (χ1n) is 12.3. The van der Waals surface area contributed by atoms with Gasteiger partial charge in [-0.25, -0.2) is 24.5 Å². The standard InChI is InChI=1S/C20H25N10O11P/c21-14-8-15(24-3-23-14)29(4-25-8)18-12(34)10(32)7(40-18)2-38-42(36,37)41-13-11(33)6(1-31)39-19(13)30-5-26-9-16(30)27-20(22)28-17(9)35/h3-7,10-13,18-19,31-34H,1-2H2,(H,36,37)(H2,21,23,24)(H3,22,27,28,35)/t6?,7-,10-,11-,12-,13-,18-,19-/m1/s1. The summed E-state index contributed by atoms with van der Waals surface area (Å²) in [5.74, 6) is -0.171. The molecule has 4 aromatic rings. The van der Waals surface area contributed by atoms with E-state index in [1.165, 1.54) is 17.2 Å². The fraction of sp³-hybridized carbons (Fsp3) is 0.500. The number of fused-ring (bicyclic) bond motifs is 2. The minimum absolute atomic E-state index is 0.0830. The van der Waals surface area contributed by atoms with Crippen molar-refractivity contribution in [3.63, 3.8) is 0 Å². The topological polar surface area (TPSA) is 314 Å². The lowest BCUT2D eigenvalue weighted by Crippen LogP contribution is -2.36. The molecule has 2 aliphatic rings. The van der Waals surface area contributed by atoms with Crippen LogP contribution in [-0.2, 0) is 23.1 Å². The number of ether oxygens (including phenoxy) is 2. The molecule has 0 aromatic carbocycles. The van der Waals surface area contributed by atoms with Gasteiger partial charge >= 0.3 is 7.82 Å². The first-order valence-corrected chi connectivity index (χ1v) is 13.8. The van der Waals surface area contributed by atoms with Crippen molar-refractivity contribution in [1.82, 2.24) is 39.0 Å². The minimum atomic E-state index is -5.06. The van der Waals surface area contributed by atoms with Crippen molar-refractivity contribution < 1.29 is 48.4 Å². The molecular formula is C20H25N10O11P. The van der Waals surface area contributed by atoms with Gasteiger partial charge in [0, 0.05) is 0 Å². The number of nitrogen functional groups attached to an aromatic ring is 2. The SMILES string of the molecule is Nc1nc2c(ncn2[C@@H]2OC(CO)[C@@H](O)[C@H]2OP(=O)(O)OC[C@H]2O[C@@H](n3cnc4c(N)ncnc43)[C@H](O)[C@@H]2O)c(=O)[nH]1. The zero-order chi connectivity index (χ0) is 29.9. The zero-order valence-electron chi connectivity index (χ0n) is 21.2. The molecule has 0 saturated carbocycles. The van der Waals surface area contributed by atoms with Crippen LogP contribution in [0.1, 0.15) is 12.5 Å². The Morgan fingerprint density at radius 1 is 0.952 bits per heavy atom. The van der Waals surface area contributed by atoms with E-state index in [0.29, 0.717) is 0 Å². The molecule has 9 atom stereocenters. The van der Waals surface area contributed by atoms with Crippen molar-refractivity contribution in [1.29, 1.82) is 0 Å². The molecule has 2 unspecified atom stereocenters. The second-order valence-electron chi connectivity index (χ2n) is 9.48. The van der Waals surface area contributed by atoms with Gasteiger partial charge in [-0.05, 0) is 0 Å². The Balaban J connectivity index is 1.19. The van der Waals surface area contributed by atoms with Gasteiger partial charge in [0.15, 0.2) is 35.1 Å². The zero-order valence-corrected chi connectivity index (χ0v) is 22.1. The average Bonchev–Trinajstić information content (AvgIpc) is 3.69. The third kappa shape index (κ3) is 4.80. The Bertz CT molecular complexity index is 1730. The van der Waals surface area contributed by atoms with E-state index >= 15 is 0 Å². The van der Waals surface area contributed by atoms with Gasteiger partial charge in [-0.2, -0.15) is 4.98 Å². The number of aliphatic hydroxyl groups is 4. The van der Waals surface area contributed by atoms with Crippen molar-refractivity contribution in [2.45, 2.75) is 49.1 Å². The highest BCUT2D eigenvalue weighted by molar-refractivity contribution is 7.47. The molecule has 0 spiro atoms. The molecule has 2 aliphatic heterocycles. The lowest BCUT2D eigenvalue weighted by molar-refractivity contribution is -0.0615. The molecule has 226 valence electrons. The van der Waals surface area contributed by atoms with Crippen molar-refractivity contribution in [2.75, 3.05) is 24.7 Å². The molecule has 6 heterocycles. The first-order chi connectivity index (χ1) is 20.0. The van der Waals surface area contributed by atoms with Crippen LogP contribution in [0.2, 0.25) is 0 Å². The summed E-state index contributed by atoms with van der Waals surface area (Å²) in [7, 11) is -5.06. The molecule has 0 bridgehead atoms. The van der Waals surface area contributed by atoms with Gasteiger partial charge in [-0.1, -0.05) is 0 Å². The van der Waals surface area contributed by atoms with Crippen LogP contribution in [0.25, 0.3) is 22.3 Å². The molecule has 10 N–H and O–H groups in total. The normalized spacial score (nSPS) is 31.3. The summed E-state index contributed by atoms with van der Waals surface area (Å²) in [5.41, 5.74) is 11.0. The number of nitrogens with zero attached hydrogens (tertiary/aromatic N) is 7. The number of aliphatic hydroxyl groups excluding tert-OH is 4. The smallest absolute Gasteiger partial charge is 0.394 e. The van der Waals surface area contributed by atoms with Gasteiger partial charge < -0.3 is 46.3 Å². The van der Waals surface area contributed by atoms with Gasteiger partial charge in [0.05, 0.1) is 25.9 Å². The second-order valence-corrected chi connectivity index (χ2v) is 10.9. The summed E-state index contributed by atoms with van der Waals surface area (Å²) in [6.45, 7) is -1.44. The summed E-state index contributed by atoms with van der Waals surface area (Å²) in [4.78, 5) is 44.9. The molecule has 22 heteroatoms. The van der Waals surface area contributed by atoms with Gasteiger partial charge in [-0.15, -0.1) is 0 Å². The van der Waals surface area contributed by atoms with Crippen molar-refractivity contribution in [3.05, 3.63) is 29.3 Å². The van der Waals surface area contributed by atoms with Crippen LogP contribution < -0.4 is 17.0 Å². The van der Waals surface area contributed by atoms with Crippen LogP contribution in [0.4, 0.5) is 11.8 Å². The minimum Gasteiger partial charge on any atom is -0.394 e. The number of phosphoric acid groups is 1. The number of anilines is 2. The molecular weight excluding hydrogens is 587 g/mol. The molecule has 0 aliphatic carbocycles. The number of phosphoric ester groups is 1. The van der Waals surface area contributed by atoms with Gasteiger partial charge in [-0.3, -0.25) is 28.0 Å². The molecule has 4 aromatic heterocycles. The summed E-state index contributed by atoms with van der Waals surface area (Å²) in [6, 6.07) is 0. The van der Waals surface area contributed by atoms with E-state index in [0.717, 1.165) is 10.9 Å². The number of rotatable bonds is 8. The van der Waals surface area contributed by atoms with Gasteiger partial charge in [0.2, 0.25) is 5.95 Å². The highest BCUT2D eigenvalue weighted by atomic mass is 31.2. The number of hydrogen-bond donors (Lipinski definition) is 8. The summed E-state index contributed by atoms with van der Waals surface area (Å²) < 4.78 is 37.0. The van der Waals surface area contributed by atoms with Crippen LogP contribution in [0.3, 0.4) is 0 Å². The van der Waals surface area contributed by atoms with Crippen molar-refractivity contribution in [3.8, 4) is 0 Å². The Hall–Kier alpha value is -3.63. The highest BCUT2D eigenvalue weighted by Gasteiger charge is 2.50. The van der Waals surface area contributed by atoms with E-state index in [4.69, 9.17) is 30.0 Å². The number of hydrogen-bond acceptors (Lipinski definition) is 17. The van der Waals surface area contributed by atoms with Crippen LogP contribution in [0.15, 0.2) is 23.8 Å². The lowest BCUT2D eigenvalue weighted by Gasteiger charge is -2.24. The number of aromatic amines is 1. The molecule has 2 saturated heterocycles. The molecule has 6 rings (SSSR count). The Morgan fingerprint density at radius 3 is 2.38 bits per heavy atom. The summed E-state index contributed by atoms with van der Waals surface area (Å²) in [5, 5.41) is 41.5. The third-order valence-corrected chi connectivity index (χ3v) is 7.86. The molecule has 42 heavy (non-hydrogen) atoms. The largest absolute Gasteiger partial charge is 0.472 e. The monoisotopic (exact) mass is 612 g/mol. The quantitative estimate of drug-likeness (QED) is 0.0894.